The molecule has 338 valence electrons. The minimum atomic E-state index is 0.0127. The fourth-order valence-electron chi connectivity index (χ4n) is 4.07. The smallest absolute Gasteiger partial charge is 0.247 e. The van der Waals surface area contributed by atoms with Crippen LogP contribution in [0.15, 0.2) is 92.7 Å². The van der Waals surface area contributed by atoms with Crippen LogP contribution < -0.4 is 21.0 Å². The number of hydroxylamine groups is 2. The molecule has 5 aliphatic rings. The number of carbonyl (C=O) groups is 1. The van der Waals surface area contributed by atoms with Crippen molar-refractivity contribution >= 4 is 47.1 Å². The van der Waals surface area contributed by atoms with Gasteiger partial charge in [0.25, 0.3) is 0 Å². The molecule has 0 aliphatic carbocycles. The molecule has 0 bridgehead atoms. The van der Waals surface area contributed by atoms with Crippen LogP contribution >= 0.6 is 11.9 Å². The predicted octanol–water partition coefficient (Wildman–Crippen LogP) is 8.07. The monoisotopic (exact) mass is 867 g/mol. The zero-order chi connectivity index (χ0) is 46.2. The topological polar surface area (TPSA) is 225 Å². The lowest BCUT2D eigenvalue weighted by Gasteiger charge is -2.02. The Morgan fingerprint density at radius 2 is 1.21 bits per heavy atom. The second-order valence-electron chi connectivity index (χ2n) is 15.8. The molecule has 2 aromatic rings. The SMILES string of the molecule is C=C1CN=C(C(C)C)O1.C=C1N=C(C(C)C)NO1.C=C1N=C(C(C)C)NO1.C=C1N=C(C(C)C)NS1.CC(C)C1=NCC(=O)N1.CC(C)c1cnc[nH]1.CC(C)c1ncn[nH]1. The van der Waals surface area contributed by atoms with Gasteiger partial charge in [-0.05, 0) is 19.1 Å². The number of amidine groups is 4. The van der Waals surface area contributed by atoms with Crippen molar-refractivity contribution in [3.63, 3.8) is 0 Å². The van der Waals surface area contributed by atoms with Crippen molar-refractivity contribution in [3.05, 3.63) is 79.2 Å². The highest BCUT2D eigenvalue weighted by Gasteiger charge is 2.16. The zero-order valence-electron chi connectivity index (χ0n) is 38.6. The summed E-state index contributed by atoms with van der Waals surface area (Å²) in [5.74, 6) is 9.98. The highest BCUT2D eigenvalue weighted by Crippen LogP contribution is 2.19. The molecule has 61 heavy (non-hydrogen) atoms. The summed E-state index contributed by atoms with van der Waals surface area (Å²) in [4.78, 5) is 51.2. The maximum atomic E-state index is 10.5. The number of hydrogen-bond acceptors (Lipinski definition) is 16. The van der Waals surface area contributed by atoms with Crippen LogP contribution in [-0.4, -0.2) is 73.4 Å². The molecule has 0 saturated heterocycles. The number of nitrogens with one attached hydrogen (secondary N) is 6. The maximum Gasteiger partial charge on any atom is 0.247 e. The third-order valence-corrected chi connectivity index (χ3v) is 8.32. The lowest BCUT2D eigenvalue weighted by atomic mass is 10.2. The molecule has 7 rings (SSSR count). The van der Waals surface area contributed by atoms with Crippen molar-refractivity contribution in [2.75, 3.05) is 13.1 Å². The van der Waals surface area contributed by atoms with E-state index >= 15 is 0 Å². The fourth-order valence-corrected chi connectivity index (χ4v) is 4.72. The van der Waals surface area contributed by atoms with Crippen LogP contribution in [0, 0.1) is 29.6 Å². The van der Waals surface area contributed by atoms with Crippen LogP contribution in [0.4, 0.5) is 0 Å². The normalized spacial score (nSPS) is 15.8. The number of aromatic amines is 2. The van der Waals surface area contributed by atoms with Gasteiger partial charge in [-0.1, -0.05) is 110 Å². The Kier molecular flexibility index (Phi) is 24.4. The van der Waals surface area contributed by atoms with E-state index in [1.807, 2.05) is 47.7 Å². The number of rotatable bonds is 7. The highest BCUT2D eigenvalue weighted by atomic mass is 32.2. The quantitative estimate of drug-likeness (QED) is 0.146. The Labute approximate surface area is 367 Å². The Hall–Kier alpha value is -5.72. The van der Waals surface area contributed by atoms with Gasteiger partial charge >= 0.3 is 0 Å². The molecule has 5 aliphatic heterocycles. The van der Waals surface area contributed by atoms with E-state index < -0.39 is 0 Å². The van der Waals surface area contributed by atoms with Crippen LogP contribution in [-0.2, 0) is 19.2 Å². The lowest BCUT2D eigenvalue weighted by molar-refractivity contribution is -0.117. The molecular formula is C42H70N14O4S. The van der Waals surface area contributed by atoms with Gasteiger partial charge in [0.15, 0.2) is 5.90 Å². The van der Waals surface area contributed by atoms with E-state index in [9.17, 15) is 4.79 Å². The van der Waals surface area contributed by atoms with Gasteiger partial charge in [-0.2, -0.15) is 15.1 Å². The molecule has 7 heterocycles. The standard InChI is InChI=1S/C7H11NO.3C6H10N2O.C6H10N2S.C6H10N2.C5H9N3/c1-5(2)7-8-4-6(3)9-7;2*1-4(2)6-7-5(3)9-8-6;1-4(2)6-7-3-5(9)8-6;1-4(2)6-7-5(3)9-8-6;1-5(2)6-3-7-4-8-6;1-4(2)5-6-3-7-8-5/h5H,3-4H2,1-2H3;2*4H,3H2,1-2H3,(H,7,8);4H,3H2,1-2H3,(H,7,8,9);4H,3H2,1-2H3,(H,7,8);3-5H,1-2H3,(H,7,8);3-4H,1-2H3,(H,6,7,8). The maximum absolute atomic E-state index is 10.5. The first kappa shape index (κ1) is 53.3. The zero-order valence-corrected chi connectivity index (χ0v) is 39.5. The van der Waals surface area contributed by atoms with Crippen molar-refractivity contribution in [2.45, 2.75) is 109 Å². The van der Waals surface area contributed by atoms with Crippen LogP contribution in [0.1, 0.15) is 120 Å². The van der Waals surface area contributed by atoms with Gasteiger partial charge in [0.1, 0.15) is 59.4 Å². The number of H-pyrrole nitrogens is 2. The molecule has 0 unspecified atom stereocenters. The number of carbonyl (C=O) groups excluding carboxylic acids is 1. The van der Waals surface area contributed by atoms with Gasteiger partial charge in [-0.25, -0.2) is 30.9 Å². The molecule has 0 radical (unpaired) electrons. The Bertz CT molecular complexity index is 1670. The minimum absolute atomic E-state index is 0.0127. The van der Waals surface area contributed by atoms with Gasteiger partial charge in [0, 0.05) is 59.3 Å². The average molecular weight is 867 g/mol. The van der Waals surface area contributed by atoms with Gasteiger partial charge in [-0.15, -0.1) is 0 Å². The van der Waals surface area contributed by atoms with Gasteiger partial charge in [0.05, 0.1) is 6.33 Å². The summed E-state index contributed by atoms with van der Waals surface area (Å²) in [6.45, 7) is 44.2. The first-order valence-corrected chi connectivity index (χ1v) is 21.1. The van der Waals surface area contributed by atoms with Crippen molar-refractivity contribution in [1.82, 2.24) is 46.1 Å². The molecule has 0 spiro atoms. The van der Waals surface area contributed by atoms with Crippen molar-refractivity contribution in [1.29, 1.82) is 0 Å². The fraction of sp³-hybridized carbons (Fsp3) is 0.548. The molecule has 0 saturated carbocycles. The second kappa shape index (κ2) is 27.9. The number of amides is 1. The van der Waals surface area contributed by atoms with Gasteiger partial charge in [-0.3, -0.25) is 14.9 Å². The van der Waals surface area contributed by atoms with Crippen LogP contribution in [0.3, 0.4) is 0 Å². The summed E-state index contributed by atoms with van der Waals surface area (Å²) >= 11 is 1.49. The van der Waals surface area contributed by atoms with E-state index in [0.717, 1.165) is 45.9 Å². The second-order valence-corrected chi connectivity index (χ2v) is 16.7. The van der Waals surface area contributed by atoms with Gasteiger partial charge in [0.2, 0.25) is 17.7 Å². The third-order valence-electron chi connectivity index (χ3n) is 7.68. The molecule has 6 N–H and O–H groups in total. The minimum Gasteiger partial charge on any atom is -0.446 e. The van der Waals surface area contributed by atoms with Crippen LogP contribution in [0.5, 0.6) is 0 Å². The summed E-state index contributed by atoms with van der Waals surface area (Å²) in [5.41, 5.74) is 6.51. The summed E-state index contributed by atoms with van der Waals surface area (Å²) in [6.07, 6.45) is 5.08. The number of aliphatic imine (C=N–C) groups is 5. The number of ether oxygens (including phenoxy) is 1. The molecule has 0 aromatic carbocycles. The molecule has 0 fully saturated rings. The third kappa shape index (κ3) is 22.5. The van der Waals surface area contributed by atoms with Crippen LogP contribution in [0.2, 0.25) is 0 Å². The van der Waals surface area contributed by atoms with Crippen molar-refractivity contribution < 1.29 is 19.2 Å². The summed E-state index contributed by atoms with van der Waals surface area (Å²) in [6, 6.07) is 0. The molecular weight excluding hydrogens is 797 g/mol. The Balaban J connectivity index is 0.000000356. The number of imidazole rings is 1. The van der Waals surface area contributed by atoms with E-state index in [-0.39, 0.29) is 5.91 Å². The average Bonchev–Trinajstić information content (AvgIpc) is 4.04. The van der Waals surface area contributed by atoms with E-state index in [1.165, 1.54) is 24.0 Å². The van der Waals surface area contributed by atoms with Crippen LogP contribution in [0.25, 0.3) is 0 Å². The molecule has 1 amide bonds. The van der Waals surface area contributed by atoms with Crippen molar-refractivity contribution in [2.24, 2.45) is 54.6 Å². The largest absolute Gasteiger partial charge is 0.446 e. The van der Waals surface area contributed by atoms with E-state index in [0.29, 0.717) is 66.3 Å². The predicted molar refractivity (Wildman–Crippen MR) is 249 cm³/mol. The first-order chi connectivity index (χ1) is 28.6. The Morgan fingerprint density at radius 1 is 0.656 bits per heavy atom. The number of nitrogens with zero attached hydrogens (tertiary/aromatic N) is 8. The molecule has 19 heteroatoms. The van der Waals surface area contributed by atoms with E-state index in [1.54, 1.807) is 6.33 Å². The van der Waals surface area contributed by atoms with E-state index in [2.05, 4.69) is 153 Å². The lowest BCUT2D eigenvalue weighted by Crippen LogP contribution is -2.27. The van der Waals surface area contributed by atoms with Crippen molar-refractivity contribution in [3.8, 4) is 0 Å². The number of hydrogen-bond donors (Lipinski definition) is 6. The Morgan fingerprint density at radius 3 is 1.41 bits per heavy atom. The summed E-state index contributed by atoms with van der Waals surface area (Å²) in [5, 5.41) is 10.0. The molecule has 18 nitrogen and oxygen atoms in total. The highest BCUT2D eigenvalue weighted by molar-refractivity contribution is 8.02. The summed E-state index contributed by atoms with van der Waals surface area (Å²) in [7, 11) is 0. The number of aromatic nitrogens is 5. The molecule has 2 aromatic heterocycles. The van der Waals surface area contributed by atoms with E-state index in [4.69, 9.17) is 14.4 Å². The summed E-state index contributed by atoms with van der Waals surface area (Å²) < 4.78 is 8.25. The molecule has 0 atom stereocenters. The first-order valence-electron chi connectivity index (χ1n) is 20.3. The van der Waals surface area contributed by atoms with Gasteiger partial charge < -0.3 is 29.4 Å².